The molecule has 1 nitrogen and oxygen atoms in total. The van der Waals surface area contributed by atoms with E-state index in [1.165, 1.54) is 24.3 Å². The summed E-state index contributed by atoms with van der Waals surface area (Å²) in [5.41, 5.74) is 0.197. The highest BCUT2D eigenvalue weighted by Gasteiger charge is 2.31. The van der Waals surface area contributed by atoms with E-state index >= 15 is 0 Å². The van der Waals surface area contributed by atoms with Gasteiger partial charge in [-0.15, -0.1) is 13.2 Å². The Bertz CT molecular complexity index is 661. The van der Waals surface area contributed by atoms with Crippen molar-refractivity contribution in [2.45, 2.75) is 12.5 Å². The lowest BCUT2D eigenvalue weighted by atomic mass is 10.0. The third-order valence-electron chi connectivity index (χ3n) is 2.70. The summed E-state index contributed by atoms with van der Waals surface area (Å²) in [6, 6.07) is 8.03. The molecule has 0 aliphatic heterocycles. The van der Waals surface area contributed by atoms with Crippen molar-refractivity contribution >= 4 is 22.6 Å². The molecule has 22 heavy (non-hydrogen) atoms. The molecule has 0 radical (unpaired) electrons. The second-order valence-corrected chi connectivity index (χ2v) is 5.43. The first-order valence-corrected chi connectivity index (χ1v) is 6.87. The number of hydrogen-bond donors (Lipinski definition) is 0. The predicted molar refractivity (Wildman–Crippen MR) is 76.3 cm³/mol. The minimum atomic E-state index is -4.79. The van der Waals surface area contributed by atoms with E-state index < -0.39 is 18.1 Å². The Labute approximate surface area is 135 Å². The fourth-order valence-corrected chi connectivity index (χ4v) is 2.56. The van der Waals surface area contributed by atoms with Crippen LogP contribution in [-0.2, 0) is 6.18 Å². The van der Waals surface area contributed by atoms with E-state index in [4.69, 9.17) is 0 Å². The van der Waals surface area contributed by atoms with E-state index in [1.807, 2.05) is 0 Å². The third kappa shape index (κ3) is 4.28. The minimum absolute atomic E-state index is 0.382. The highest BCUT2D eigenvalue weighted by molar-refractivity contribution is 14.1. The second-order valence-electron chi connectivity index (χ2n) is 4.26. The molecular weight excluding hydrogens is 425 g/mol. The molecule has 0 unspecified atom stereocenters. The van der Waals surface area contributed by atoms with Gasteiger partial charge in [0.25, 0.3) is 0 Å². The van der Waals surface area contributed by atoms with Gasteiger partial charge in [0, 0.05) is 3.57 Å². The Morgan fingerprint density at radius 3 is 1.86 bits per heavy atom. The summed E-state index contributed by atoms with van der Waals surface area (Å²) in [6.07, 6.45) is -9.23. The number of hydrogen-bond acceptors (Lipinski definition) is 1. The van der Waals surface area contributed by atoms with Gasteiger partial charge in [0.05, 0.1) is 5.56 Å². The largest absolute Gasteiger partial charge is 0.573 e. The summed E-state index contributed by atoms with van der Waals surface area (Å²) in [4.78, 5) is 0. The van der Waals surface area contributed by atoms with Crippen molar-refractivity contribution in [2.24, 2.45) is 0 Å². The van der Waals surface area contributed by atoms with Gasteiger partial charge < -0.3 is 4.74 Å². The van der Waals surface area contributed by atoms with Crippen LogP contribution in [0.4, 0.5) is 26.3 Å². The van der Waals surface area contributed by atoms with E-state index in [0.29, 0.717) is 14.7 Å². The van der Waals surface area contributed by atoms with Gasteiger partial charge in [-0.1, -0.05) is 12.1 Å². The lowest BCUT2D eigenvalue weighted by Crippen LogP contribution is -2.17. The standard InChI is InChI=1S/C14H7F6IO/c15-13(16,17)9-3-1-8(2-4-9)11-6-5-10(7-12(11)21)22-14(18,19)20/h1-7H. The van der Waals surface area contributed by atoms with Crippen LogP contribution in [0.25, 0.3) is 11.1 Å². The van der Waals surface area contributed by atoms with Crippen molar-refractivity contribution < 1.29 is 31.1 Å². The van der Waals surface area contributed by atoms with E-state index in [1.54, 1.807) is 22.6 Å². The van der Waals surface area contributed by atoms with Gasteiger partial charge in [-0.3, -0.25) is 0 Å². The van der Waals surface area contributed by atoms with Crippen molar-refractivity contribution in [1.82, 2.24) is 0 Å². The maximum Gasteiger partial charge on any atom is 0.573 e. The maximum atomic E-state index is 12.5. The van der Waals surface area contributed by atoms with Crippen molar-refractivity contribution in [2.75, 3.05) is 0 Å². The number of rotatable bonds is 2. The van der Waals surface area contributed by atoms with Crippen LogP contribution >= 0.6 is 22.6 Å². The quantitative estimate of drug-likeness (QED) is 0.426. The zero-order valence-corrected chi connectivity index (χ0v) is 12.8. The smallest absolute Gasteiger partial charge is 0.406 e. The van der Waals surface area contributed by atoms with Gasteiger partial charge in [0.15, 0.2) is 0 Å². The lowest BCUT2D eigenvalue weighted by Gasteiger charge is -2.12. The number of ether oxygens (including phenoxy) is 1. The van der Waals surface area contributed by atoms with E-state index in [2.05, 4.69) is 4.74 Å². The van der Waals surface area contributed by atoms with Crippen LogP contribution in [0.3, 0.4) is 0 Å². The van der Waals surface area contributed by atoms with Crippen LogP contribution in [0.1, 0.15) is 5.56 Å². The summed E-state index contributed by atoms with van der Waals surface area (Å²) in [5, 5.41) is 0. The fraction of sp³-hybridized carbons (Fsp3) is 0.143. The lowest BCUT2D eigenvalue weighted by molar-refractivity contribution is -0.274. The molecule has 0 aliphatic rings. The molecule has 0 spiro atoms. The molecule has 0 amide bonds. The summed E-state index contributed by atoms with van der Waals surface area (Å²) in [6.45, 7) is 0. The highest BCUT2D eigenvalue weighted by atomic mass is 127. The first-order valence-electron chi connectivity index (χ1n) is 5.79. The molecule has 0 aromatic heterocycles. The molecule has 2 aromatic rings. The predicted octanol–water partition coefficient (Wildman–Crippen LogP) is 5.88. The van der Waals surface area contributed by atoms with Crippen molar-refractivity contribution in [3.63, 3.8) is 0 Å². The molecule has 2 aromatic carbocycles. The Balaban J connectivity index is 2.30. The van der Waals surface area contributed by atoms with Crippen LogP contribution in [0.2, 0.25) is 0 Å². The maximum absolute atomic E-state index is 12.5. The van der Waals surface area contributed by atoms with Crippen molar-refractivity contribution in [3.8, 4) is 16.9 Å². The van der Waals surface area contributed by atoms with Crippen LogP contribution in [-0.4, -0.2) is 6.36 Å². The monoisotopic (exact) mass is 432 g/mol. The molecule has 0 N–H and O–H groups in total. The van der Waals surface area contributed by atoms with Gasteiger partial charge in [0.2, 0.25) is 0 Å². The van der Waals surface area contributed by atoms with Crippen LogP contribution < -0.4 is 4.74 Å². The van der Waals surface area contributed by atoms with E-state index in [0.717, 1.165) is 18.2 Å². The molecule has 0 saturated heterocycles. The molecular formula is C14H7F6IO. The summed E-state index contributed by atoms with van der Waals surface area (Å²) in [5.74, 6) is -0.382. The summed E-state index contributed by atoms with van der Waals surface area (Å²) in [7, 11) is 0. The first kappa shape index (κ1) is 16.9. The van der Waals surface area contributed by atoms with Crippen molar-refractivity contribution in [3.05, 3.63) is 51.6 Å². The van der Waals surface area contributed by atoms with Crippen LogP contribution in [0.5, 0.6) is 5.75 Å². The fourth-order valence-electron chi connectivity index (χ4n) is 1.77. The van der Waals surface area contributed by atoms with Crippen molar-refractivity contribution in [1.29, 1.82) is 0 Å². The topological polar surface area (TPSA) is 9.23 Å². The second kappa shape index (κ2) is 5.98. The normalized spacial score (nSPS) is 12.3. The number of alkyl halides is 6. The zero-order valence-electron chi connectivity index (χ0n) is 10.6. The number of halogens is 7. The van der Waals surface area contributed by atoms with Gasteiger partial charge in [-0.05, 0) is 64.0 Å². The van der Waals surface area contributed by atoms with Gasteiger partial charge >= 0.3 is 12.5 Å². The number of benzene rings is 2. The average molecular weight is 432 g/mol. The molecule has 118 valence electrons. The zero-order chi connectivity index (χ0) is 16.5. The molecule has 0 fully saturated rings. The van der Waals surface area contributed by atoms with Crippen LogP contribution in [0, 0.1) is 3.57 Å². The molecule has 0 aliphatic carbocycles. The molecule has 0 atom stereocenters. The highest BCUT2D eigenvalue weighted by Crippen LogP contribution is 2.34. The summed E-state index contributed by atoms with van der Waals surface area (Å²) >= 11 is 1.80. The first-order chi connectivity index (χ1) is 10.1. The molecule has 2 rings (SSSR count). The third-order valence-corrected chi connectivity index (χ3v) is 3.59. The van der Waals surface area contributed by atoms with E-state index in [9.17, 15) is 26.3 Å². The minimum Gasteiger partial charge on any atom is -0.406 e. The summed E-state index contributed by atoms with van der Waals surface area (Å²) < 4.78 is 78.0. The molecule has 0 saturated carbocycles. The molecule has 8 heteroatoms. The van der Waals surface area contributed by atoms with Crippen LogP contribution in [0.15, 0.2) is 42.5 Å². The Kier molecular flexibility index (Phi) is 4.59. The Morgan fingerprint density at radius 1 is 0.818 bits per heavy atom. The van der Waals surface area contributed by atoms with Gasteiger partial charge in [0.1, 0.15) is 5.75 Å². The average Bonchev–Trinajstić information content (AvgIpc) is 2.36. The van der Waals surface area contributed by atoms with Gasteiger partial charge in [-0.25, -0.2) is 0 Å². The Morgan fingerprint density at radius 2 is 1.41 bits per heavy atom. The molecule has 0 heterocycles. The van der Waals surface area contributed by atoms with Gasteiger partial charge in [-0.2, -0.15) is 13.2 Å². The SMILES string of the molecule is FC(F)(F)Oc1ccc(-c2ccc(C(F)(F)F)cc2)c(I)c1. The Hall–Kier alpha value is -1.45. The molecule has 0 bridgehead atoms. The van der Waals surface area contributed by atoms with E-state index in [-0.39, 0.29) is 5.75 Å².